The minimum absolute atomic E-state index is 0.0167. The van der Waals surface area contributed by atoms with E-state index < -0.39 is 0 Å². The molecule has 7 heteroatoms. The summed E-state index contributed by atoms with van der Waals surface area (Å²) in [6.07, 6.45) is 5.37. The molecule has 0 saturated heterocycles. The maximum Gasteiger partial charge on any atom is 0.222 e. The van der Waals surface area contributed by atoms with Crippen LogP contribution in [0.4, 0.5) is 5.95 Å². The molecule has 0 atom stereocenters. The van der Waals surface area contributed by atoms with Gasteiger partial charge in [-0.1, -0.05) is 12.1 Å². The van der Waals surface area contributed by atoms with Crippen LogP contribution < -0.4 is 10.6 Å². The second-order valence-corrected chi connectivity index (χ2v) is 5.40. The first-order valence-corrected chi connectivity index (χ1v) is 8.02. The zero-order valence-electron chi connectivity index (χ0n) is 13.3. The van der Waals surface area contributed by atoms with Crippen LogP contribution in [0, 0.1) is 0 Å². The van der Waals surface area contributed by atoms with Gasteiger partial charge in [-0.25, -0.2) is 15.0 Å². The normalized spacial score (nSPS) is 10.7. The number of carbonyl (C=O) groups excluding carboxylic acids is 1. The molecule has 0 fully saturated rings. The van der Waals surface area contributed by atoms with Crippen molar-refractivity contribution in [2.45, 2.75) is 19.3 Å². The highest BCUT2D eigenvalue weighted by molar-refractivity contribution is 5.76. The highest BCUT2D eigenvalue weighted by Crippen LogP contribution is 2.11. The molecule has 0 spiro atoms. The van der Waals surface area contributed by atoms with E-state index >= 15 is 0 Å². The monoisotopic (exact) mass is 324 g/mol. The van der Waals surface area contributed by atoms with Gasteiger partial charge >= 0.3 is 0 Å². The number of nitrogens with zero attached hydrogens (tertiary/aromatic N) is 3. The highest BCUT2D eigenvalue weighted by atomic mass is 16.1. The Labute approximate surface area is 139 Å². The quantitative estimate of drug-likeness (QED) is 0.550. The molecule has 0 aliphatic rings. The average Bonchev–Trinajstić information content (AvgIpc) is 3.02. The lowest BCUT2D eigenvalue weighted by molar-refractivity contribution is -0.120. The van der Waals surface area contributed by atoms with Gasteiger partial charge in [-0.05, 0) is 24.6 Å². The van der Waals surface area contributed by atoms with Crippen LogP contribution in [0.3, 0.4) is 0 Å². The molecule has 1 amide bonds. The summed E-state index contributed by atoms with van der Waals surface area (Å²) in [6, 6.07) is 9.71. The van der Waals surface area contributed by atoms with Crippen molar-refractivity contribution in [2.24, 2.45) is 0 Å². The Bertz CT molecular complexity index is 753. The number of rotatable bonds is 8. The van der Waals surface area contributed by atoms with E-state index in [0.717, 1.165) is 29.7 Å². The van der Waals surface area contributed by atoms with Crippen LogP contribution in [-0.2, 0) is 11.2 Å². The Morgan fingerprint density at radius 3 is 2.75 bits per heavy atom. The van der Waals surface area contributed by atoms with E-state index in [1.807, 2.05) is 24.3 Å². The van der Waals surface area contributed by atoms with Gasteiger partial charge in [0.05, 0.1) is 11.0 Å². The molecule has 3 aromatic rings. The van der Waals surface area contributed by atoms with Crippen molar-refractivity contribution in [1.82, 2.24) is 25.3 Å². The number of anilines is 1. The molecule has 0 saturated carbocycles. The number of aromatic amines is 1. The van der Waals surface area contributed by atoms with Crippen LogP contribution >= 0.6 is 0 Å². The number of amides is 1. The first-order chi connectivity index (χ1) is 11.8. The maximum atomic E-state index is 11.8. The number of H-pyrrole nitrogens is 1. The van der Waals surface area contributed by atoms with E-state index in [2.05, 4.69) is 30.6 Å². The minimum atomic E-state index is 0.0167. The summed E-state index contributed by atoms with van der Waals surface area (Å²) in [5.74, 6) is 1.51. The van der Waals surface area contributed by atoms with Crippen LogP contribution in [0.2, 0.25) is 0 Å². The predicted molar refractivity (Wildman–Crippen MR) is 92.6 cm³/mol. The largest absolute Gasteiger partial charge is 0.356 e. The molecule has 1 aromatic carbocycles. The van der Waals surface area contributed by atoms with Crippen LogP contribution in [0.5, 0.6) is 0 Å². The molecule has 0 unspecified atom stereocenters. The van der Waals surface area contributed by atoms with Gasteiger partial charge in [-0.3, -0.25) is 4.79 Å². The summed E-state index contributed by atoms with van der Waals surface area (Å²) < 4.78 is 0. The number of aryl methyl sites for hydroxylation is 1. The molecule has 7 nitrogen and oxygen atoms in total. The van der Waals surface area contributed by atoms with Gasteiger partial charge in [0.2, 0.25) is 11.9 Å². The Morgan fingerprint density at radius 1 is 1.08 bits per heavy atom. The summed E-state index contributed by atoms with van der Waals surface area (Å²) in [5.41, 5.74) is 2.02. The standard InChI is InChI=1S/C17H20N6O/c24-16(8-12-21-17-19-10-4-11-20-17)18-9-3-7-15-22-13-5-1-2-6-14(13)23-15/h1-2,4-6,10-11H,3,7-9,12H2,(H,18,24)(H,22,23)(H,19,20,21). The lowest BCUT2D eigenvalue weighted by atomic mass is 10.3. The van der Waals surface area contributed by atoms with Crippen LogP contribution in [-0.4, -0.2) is 38.9 Å². The number of aromatic nitrogens is 4. The number of hydrogen-bond donors (Lipinski definition) is 3. The van der Waals surface area contributed by atoms with Crippen molar-refractivity contribution in [2.75, 3.05) is 18.4 Å². The van der Waals surface area contributed by atoms with Gasteiger partial charge < -0.3 is 15.6 Å². The molecular formula is C17H20N6O. The first kappa shape index (κ1) is 15.9. The maximum absolute atomic E-state index is 11.8. The van der Waals surface area contributed by atoms with Gasteiger partial charge in [-0.2, -0.15) is 0 Å². The third kappa shape index (κ3) is 4.52. The number of hydrogen-bond acceptors (Lipinski definition) is 5. The Kier molecular flexibility index (Phi) is 5.34. The van der Waals surface area contributed by atoms with E-state index in [1.54, 1.807) is 18.5 Å². The van der Waals surface area contributed by atoms with Crippen LogP contribution in [0.25, 0.3) is 11.0 Å². The van der Waals surface area contributed by atoms with Crippen LogP contribution in [0.15, 0.2) is 42.7 Å². The molecule has 0 aliphatic carbocycles. The van der Waals surface area contributed by atoms with E-state index in [1.165, 1.54) is 0 Å². The topological polar surface area (TPSA) is 95.6 Å². The Hall–Kier alpha value is -2.96. The van der Waals surface area contributed by atoms with E-state index in [0.29, 0.717) is 25.5 Å². The second kappa shape index (κ2) is 8.05. The lowest BCUT2D eigenvalue weighted by Crippen LogP contribution is -2.26. The first-order valence-electron chi connectivity index (χ1n) is 8.02. The summed E-state index contributed by atoms with van der Waals surface area (Å²) in [5, 5.41) is 5.92. The second-order valence-electron chi connectivity index (χ2n) is 5.40. The zero-order chi connectivity index (χ0) is 16.6. The van der Waals surface area contributed by atoms with Gasteiger partial charge in [-0.15, -0.1) is 0 Å². The summed E-state index contributed by atoms with van der Waals surface area (Å²) in [6.45, 7) is 1.15. The molecular weight excluding hydrogens is 304 g/mol. The van der Waals surface area contributed by atoms with Crippen molar-refractivity contribution < 1.29 is 4.79 Å². The van der Waals surface area contributed by atoms with E-state index in [4.69, 9.17) is 0 Å². The minimum Gasteiger partial charge on any atom is -0.356 e. The van der Waals surface area contributed by atoms with Crippen molar-refractivity contribution >= 4 is 22.9 Å². The highest BCUT2D eigenvalue weighted by Gasteiger charge is 2.04. The van der Waals surface area contributed by atoms with Crippen molar-refractivity contribution in [1.29, 1.82) is 0 Å². The number of carbonyl (C=O) groups is 1. The predicted octanol–water partition coefficient (Wildman–Crippen LogP) is 1.90. The number of nitrogens with one attached hydrogen (secondary N) is 3. The molecule has 0 radical (unpaired) electrons. The molecule has 2 heterocycles. The van der Waals surface area contributed by atoms with Gasteiger partial charge in [0.25, 0.3) is 0 Å². The summed E-state index contributed by atoms with van der Waals surface area (Å²) >= 11 is 0. The summed E-state index contributed by atoms with van der Waals surface area (Å²) in [4.78, 5) is 27.7. The Morgan fingerprint density at radius 2 is 1.92 bits per heavy atom. The third-order valence-electron chi connectivity index (χ3n) is 3.55. The van der Waals surface area contributed by atoms with Crippen LogP contribution in [0.1, 0.15) is 18.7 Å². The van der Waals surface area contributed by atoms with Gasteiger partial charge in [0.1, 0.15) is 5.82 Å². The molecule has 124 valence electrons. The molecule has 0 bridgehead atoms. The van der Waals surface area contributed by atoms with Crippen molar-refractivity contribution in [3.8, 4) is 0 Å². The van der Waals surface area contributed by atoms with Gasteiger partial charge in [0.15, 0.2) is 0 Å². The fraction of sp³-hybridized carbons (Fsp3) is 0.294. The number of fused-ring (bicyclic) bond motifs is 1. The van der Waals surface area contributed by atoms with Crippen molar-refractivity contribution in [3.63, 3.8) is 0 Å². The number of imidazole rings is 1. The fourth-order valence-corrected chi connectivity index (χ4v) is 2.37. The lowest BCUT2D eigenvalue weighted by Gasteiger charge is -2.05. The third-order valence-corrected chi connectivity index (χ3v) is 3.55. The molecule has 24 heavy (non-hydrogen) atoms. The van der Waals surface area contributed by atoms with E-state index in [-0.39, 0.29) is 5.91 Å². The zero-order valence-corrected chi connectivity index (χ0v) is 13.3. The fourth-order valence-electron chi connectivity index (χ4n) is 2.37. The molecule has 3 N–H and O–H groups in total. The molecule has 3 rings (SSSR count). The number of benzene rings is 1. The van der Waals surface area contributed by atoms with E-state index in [9.17, 15) is 4.79 Å². The smallest absolute Gasteiger partial charge is 0.222 e. The number of para-hydroxylation sites is 2. The average molecular weight is 324 g/mol. The Balaban J connectivity index is 1.32. The van der Waals surface area contributed by atoms with Crippen molar-refractivity contribution in [3.05, 3.63) is 48.5 Å². The molecule has 0 aliphatic heterocycles. The molecule has 2 aromatic heterocycles. The van der Waals surface area contributed by atoms with Gasteiger partial charge in [0, 0.05) is 38.3 Å². The SMILES string of the molecule is O=C(CCNc1ncccn1)NCCCc1nc2ccccc2[nH]1. The summed E-state index contributed by atoms with van der Waals surface area (Å²) in [7, 11) is 0.